The van der Waals surface area contributed by atoms with Crippen LogP contribution in [0.3, 0.4) is 0 Å². The maximum atomic E-state index is 13.2. The molecule has 0 fully saturated rings. The Morgan fingerprint density at radius 1 is 1.03 bits per heavy atom. The van der Waals surface area contributed by atoms with E-state index in [1.807, 2.05) is 6.07 Å². The van der Waals surface area contributed by atoms with E-state index in [0.29, 0.717) is 18.0 Å². The highest BCUT2D eigenvalue weighted by Crippen LogP contribution is 2.37. The van der Waals surface area contributed by atoms with Gasteiger partial charge in [0.15, 0.2) is 0 Å². The SMILES string of the molecule is COc1cc2c(cc1N(Cl)S(=O)(=O)c1ccc(CNc3ccc(F)cc3)cc1)CCNCC2. The molecule has 0 amide bonds. The molecular weight excluding hydrogens is 465 g/mol. The summed E-state index contributed by atoms with van der Waals surface area (Å²) in [7, 11) is -2.51. The Labute approximate surface area is 198 Å². The average molecular weight is 490 g/mol. The van der Waals surface area contributed by atoms with Crippen LogP contribution in [0.15, 0.2) is 65.6 Å². The second kappa shape index (κ2) is 9.99. The van der Waals surface area contributed by atoms with Crippen LogP contribution in [0.25, 0.3) is 0 Å². The molecule has 0 spiro atoms. The molecule has 0 aromatic heterocycles. The quantitative estimate of drug-likeness (QED) is 0.479. The number of nitrogens with zero attached hydrogens (tertiary/aromatic N) is 1. The average Bonchev–Trinajstić information content (AvgIpc) is 3.07. The number of anilines is 2. The van der Waals surface area contributed by atoms with Gasteiger partial charge in [-0.2, -0.15) is 12.2 Å². The van der Waals surface area contributed by atoms with Gasteiger partial charge in [0.1, 0.15) is 17.3 Å². The number of halogens is 2. The summed E-state index contributed by atoms with van der Waals surface area (Å²) in [5.74, 6) is 0.109. The number of rotatable bonds is 7. The Morgan fingerprint density at radius 3 is 2.30 bits per heavy atom. The first-order chi connectivity index (χ1) is 15.9. The Bertz CT molecular complexity index is 1220. The highest BCUT2D eigenvalue weighted by molar-refractivity contribution is 7.94. The van der Waals surface area contributed by atoms with E-state index in [-0.39, 0.29) is 10.7 Å². The van der Waals surface area contributed by atoms with Gasteiger partial charge < -0.3 is 15.4 Å². The minimum atomic E-state index is -4.01. The van der Waals surface area contributed by atoms with Crippen LogP contribution in [0.2, 0.25) is 0 Å². The van der Waals surface area contributed by atoms with E-state index in [1.165, 1.54) is 31.4 Å². The smallest absolute Gasteiger partial charge is 0.278 e. The van der Waals surface area contributed by atoms with Crippen LogP contribution in [0.5, 0.6) is 5.75 Å². The summed E-state index contributed by atoms with van der Waals surface area (Å²) in [6.45, 7) is 2.14. The van der Waals surface area contributed by atoms with Gasteiger partial charge in [0.05, 0.1) is 12.0 Å². The lowest BCUT2D eigenvalue weighted by Crippen LogP contribution is -2.22. The summed E-state index contributed by atoms with van der Waals surface area (Å²) in [5, 5.41) is 6.51. The Kier molecular flexibility index (Phi) is 7.07. The van der Waals surface area contributed by atoms with Crippen molar-refractivity contribution in [2.45, 2.75) is 24.3 Å². The molecule has 174 valence electrons. The highest BCUT2D eigenvalue weighted by atomic mass is 35.5. The predicted molar refractivity (Wildman–Crippen MR) is 129 cm³/mol. The van der Waals surface area contributed by atoms with Crippen molar-refractivity contribution in [2.24, 2.45) is 0 Å². The molecule has 0 bridgehead atoms. The Morgan fingerprint density at radius 2 is 1.67 bits per heavy atom. The standard InChI is InChI=1S/C24H25ClFN3O3S/c1-32-24-15-19-11-13-27-12-10-18(19)14-23(24)29(25)33(30,31)22-8-2-17(3-9-22)16-28-21-6-4-20(26)5-7-21/h2-9,14-15,27-28H,10-13,16H2,1H3. The molecule has 0 radical (unpaired) electrons. The summed E-state index contributed by atoms with van der Waals surface area (Å²) < 4.78 is 45.7. The van der Waals surface area contributed by atoms with E-state index in [9.17, 15) is 12.8 Å². The van der Waals surface area contributed by atoms with E-state index in [4.69, 9.17) is 16.5 Å². The molecule has 3 aromatic carbocycles. The van der Waals surface area contributed by atoms with Crippen LogP contribution in [-0.2, 0) is 29.4 Å². The molecule has 1 heterocycles. The first-order valence-corrected chi connectivity index (χ1v) is 12.4. The molecule has 6 nitrogen and oxygen atoms in total. The van der Waals surface area contributed by atoms with Crippen LogP contribution in [0.1, 0.15) is 16.7 Å². The van der Waals surface area contributed by atoms with E-state index >= 15 is 0 Å². The molecule has 0 saturated heterocycles. The first-order valence-electron chi connectivity index (χ1n) is 10.6. The molecule has 0 saturated carbocycles. The summed E-state index contributed by atoms with van der Waals surface area (Å²) >= 11 is 6.40. The van der Waals surface area contributed by atoms with Crippen LogP contribution in [-0.4, -0.2) is 28.6 Å². The van der Waals surface area contributed by atoms with Gasteiger partial charge in [0.2, 0.25) is 0 Å². The maximum Gasteiger partial charge on any atom is 0.278 e. The fourth-order valence-corrected chi connectivity index (χ4v) is 5.20. The van der Waals surface area contributed by atoms with Gasteiger partial charge in [-0.15, -0.1) is 0 Å². The van der Waals surface area contributed by atoms with Crippen molar-refractivity contribution in [2.75, 3.05) is 29.3 Å². The second-order valence-electron chi connectivity index (χ2n) is 7.77. The Balaban J connectivity index is 1.54. The van der Waals surface area contributed by atoms with Crippen molar-refractivity contribution in [3.8, 4) is 5.75 Å². The van der Waals surface area contributed by atoms with Crippen LogP contribution in [0, 0.1) is 5.82 Å². The molecule has 33 heavy (non-hydrogen) atoms. The normalized spacial score (nSPS) is 13.7. The number of nitrogens with one attached hydrogen (secondary N) is 2. The molecule has 4 rings (SSSR count). The Hall–Kier alpha value is -2.81. The third kappa shape index (κ3) is 5.24. The zero-order valence-electron chi connectivity index (χ0n) is 18.1. The second-order valence-corrected chi connectivity index (χ2v) is 10.1. The summed E-state index contributed by atoms with van der Waals surface area (Å²) in [6, 6.07) is 16.2. The minimum Gasteiger partial charge on any atom is -0.494 e. The maximum absolute atomic E-state index is 13.2. The highest BCUT2D eigenvalue weighted by Gasteiger charge is 2.27. The first kappa shape index (κ1) is 23.4. The zero-order chi connectivity index (χ0) is 23.4. The van der Waals surface area contributed by atoms with Crippen molar-refractivity contribution in [1.29, 1.82) is 0 Å². The van der Waals surface area contributed by atoms with Crippen molar-refractivity contribution < 1.29 is 17.5 Å². The van der Waals surface area contributed by atoms with E-state index in [2.05, 4.69) is 10.6 Å². The van der Waals surface area contributed by atoms with Gasteiger partial charge in [-0.25, -0.2) is 4.39 Å². The summed E-state index contributed by atoms with van der Waals surface area (Å²) in [4.78, 5) is 0.0710. The lowest BCUT2D eigenvalue weighted by molar-refractivity contribution is 0.415. The third-order valence-corrected chi connectivity index (χ3v) is 7.82. The molecule has 1 aliphatic heterocycles. The number of benzene rings is 3. The fraction of sp³-hybridized carbons (Fsp3) is 0.250. The van der Waals surface area contributed by atoms with Gasteiger partial charge in [-0.1, -0.05) is 12.1 Å². The number of methoxy groups -OCH3 is 1. The molecule has 3 aromatic rings. The van der Waals surface area contributed by atoms with Crippen LogP contribution >= 0.6 is 11.8 Å². The molecule has 2 N–H and O–H groups in total. The van der Waals surface area contributed by atoms with Gasteiger partial charge in [-0.05, 0) is 91.2 Å². The van der Waals surface area contributed by atoms with Crippen molar-refractivity contribution in [3.63, 3.8) is 0 Å². The van der Waals surface area contributed by atoms with Crippen molar-refractivity contribution in [3.05, 3.63) is 83.2 Å². The van der Waals surface area contributed by atoms with Gasteiger partial charge in [0.25, 0.3) is 10.0 Å². The molecule has 0 atom stereocenters. The summed E-state index contributed by atoms with van der Waals surface area (Å²) in [6.07, 6.45) is 1.63. The van der Waals surface area contributed by atoms with E-state index in [1.54, 1.807) is 30.3 Å². The predicted octanol–water partition coefficient (Wildman–Crippen LogP) is 4.48. The van der Waals surface area contributed by atoms with E-state index in [0.717, 1.165) is 52.1 Å². The number of sulfonamides is 1. The molecule has 1 aliphatic rings. The lowest BCUT2D eigenvalue weighted by Gasteiger charge is -2.21. The van der Waals surface area contributed by atoms with Gasteiger partial charge in [0, 0.05) is 24.0 Å². The van der Waals surface area contributed by atoms with Gasteiger partial charge in [-0.3, -0.25) is 0 Å². The van der Waals surface area contributed by atoms with Crippen molar-refractivity contribution >= 4 is 33.2 Å². The molecule has 0 aliphatic carbocycles. The lowest BCUT2D eigenvalue weighted by atomic mass is 10.0. The zero-order valence-corrected chi connectivity index (χ0v) is 19.7. The minimum absolute atomic E-state index is 0.0710. The topological polar surface area (TPSA) is 70.7 Å². The number of hydrogen-bond acceptors (Lipinski definition) is 5. The number of ether oxygens (including phenoxy) is 1. The largest absolute Gasteiger partial charge is 0.494 e. The van der Waals surface area contributed by atoms with E-state index < -0.39 is 10.0 Å². The van der Waals surface area contributed by atoms with Crippen LogP contribution < -0.4 is 19.2 Å². The molecule has 9 heteroatoms. The van der Waals surface area contributed by atoms with Crippen molar-refractivity contribution in [1.82, 2.24) is 5.32 Å². The third-order valence-electron chi connectivity index (χ3n) is 5.61. The molecule has 0 unspecified atom stereocenters. The summed E-state index contributed by atoms with van der Waals surface area (Å²) in [5.41, 5.74) is 4.11. The van der Waals surface area contributed by atoms with Gasteiger partial charge >= 0.3 is 0 Å². The number of hydrogen-bond donors (Lipinski definition) is 2. The fourth-order valence-electron chi connectivity index (χ4n) is 3.76. The monoisotopic (exact) mass is 489 g/mol. The van der Waals surface area contributed by atoms with Crippen LogP contribution in [0.4, 0.5) is 15.8 Å². The molecular formula is C24H25ClFN3O3S. The number of fused-ring (bicyclic) bond motifs is 1.